The maximum atomic E-state index is 12.9. The van der Waals surface area contributed by atoms with Crippen LogP contribution in [0.25, 0.3) is 16.5 Å². The molecule has 4 N–H and O–H groups in total. The molecule has 0 spiro atoms. The zero-order valence-electron chi connectivity index (χ0n) is 17.4. The van der Waals surface area contributed by atoms with Gasteiger partial charge in [0, 0.05) is 34.8 Å². The number of H-pyrrole nitrogens is 1. The standard InChI is InChI=1S/C23H26N4O3/c1-24-8-6-13-12-25-17-5-4-15(22(29)20(13)17)14-10-18-21(19(28)11-14)16(23(30)26-18)7-9-27(2)3/h4-5,10-12,24-25,29H,6-9H2,1-3H3,(H,26,30). The van der Waals surface area contributed by atoms with Gasteiger partial charge in [0.2, 0.25) is 0 Å². The highest BCUT2D eigenvalue weighted by atomic mass is 16.3. The number of phenolic OH excluding ortho intramolecular Hbond substituents is 1. The summed E-state index contributed by atoms with van der Waals surface area (Å²) in [6.45, 7) is 1.47. The molecule has 1 aromatic carbocycles. The molecule has 7 heteroatoms. The molecular formula is C23H26N4O3. The molecule has 156 valence electrons. The summed E-state index contributed by atoms with van der Waals surface area (Å²) in [7, 11) is 5.75. The summed E-state index contributed by atoms with van der Waals surface area (Å²) >= 11 is 0. The molecule has 1 amide bonds. The molecule has 2 aliphatic rings. The first-order valence-corrected chi connectivity index (χ1v) is 10.0. The molecule has 1 aliphatic carbocycles. The lowest BCUT2D eigenvalue weighted by Crippen LogP contribution is -2.20. The molecule has 0 radical (unpaired) electrons. The number of nitrogens with zero attached hydrogens (tertiary/aromatic N) is 1. The molecule has 30 heavy (non-hydrogen) atoms. The summed E-state index contributed by atoms with van der Waals surface area (Å²) in [5.41, 5.74) is 4.50. The highest BCUT2D eigenvalue weighted by molar-refractivity contribution is 6.22. The highest BCUT2D eigenvalue weighted by Gasteiger charge is 2.33. The molecule has 0 bridgehead atoms. The molecular weight excluding hydrogens is 380 g/mol. The van der Waals surface area contributed by atoms with Crippen LogP contribution in [0.2, 0.25) is 0 Å². The van der Waals surface area contributed by atoms with Crippen molar-refractivity contribution in [2.24, 2.45) is 0 Å². The van der Waals surface area contributed by atoms with Crippen molar-refractivity contribution in [2.75, 3.05) is 34.2 Å². The van der Waals surface area contributed by atoms with E-state index in [2.05, 4.69) is 15.6 Å². The van der Waals surface area contributed by atoms with Crippen LogP contribution in [0.15, 0.2) is 47.3 Å². The van der Waals surface area contributed by atoms with E-state index in [0.29, 0.717) is 40.9 Å². The molecule has 1 aromatic heterocycles. The lowest BCUT2D eigenvalue weighted by molar-refractivity contribution is -0.116. The quantitative estimate of drug-likeness (QED) is 0.563. The predicted octanol–water partition coefficient (Wildman–Crippen LogP) is 1.86. The first-order chi connectivity index (χ1) is 14.4. The van der Waals surface area contributed by atoms with Gasteiger partial charge in [0.05, 0.1) is 11.3 Å². The molecule has 0 atom stereocenters. The topological polar surface area (TPSA) is 97.5 Å². The van der Waals surface area contributed by atoms with E-state index in [1.54, 1.807) is 12.1 Å². The first kappa shape index (κ1) is 20.1. The first-order valence-electron chi connectivity index (χ1n) is 10.0. The predicted molar refractivity (Wildman–Crippen MR) is 117 cm³/mol. The number of phenols is 1. The van der Waals surface area contributed by atoms with Gasteiger partial charge in [-0.05, 0) is 76.0 Å². The Balaban J connectivity index is 1.73. The molecule has 0 saturated carbocycles. The van der Waals surface area contributed by atoms with Crippen LogP contribution in [0.1, 0.15) is 17.5 Å². The summed E-state index contributed by atoms with van der Waals surface area (Å²) in [5.74, 6) is -0.292. The maximum Gasteiger partial charge on any atom is 0.252 e. The Hall–Kier alpha value is -3.16. The monoisotopic (exact) mass is 406 g/mol. The second kappa shape index (κ2) is 7.93. The van der Waals surface area contributed by atoms with E-state index in [0.717, 1.165) is 29.4 Å². The summed E-state index contributed by atoms with van der Waals surface area (Å²) in [6.07, 6.45) is 6.47. The molecule has 7 nitrogen and oxygen atoms in total. The second-order valence-corrected chi connectivity index (χ2v) is 7.93. The van der Waals surface area contributed by atoms with Gasteiger partial charge in [-0.3, -0.25) is 9.59 Å². The van der Waals surface area contributed by atoms with Gasteiger partial charge in [-0.2, -0.15) is 0 Å². The van der Waals surface area contributed by atoms with E-state index < -0.39 is 0 Å². The number of hydrogen-bond donors (Lipinski definition) is 4. The SMILES string of the molecule is CNCCc1c[nH]c2ccc(C3=CC(=O)C4=C(CCN(C)C)C(=O)NC4=C3)c(O)c12. The number of nitrogens with one attached hydrogen (secondary N) is 3. The number of aromatic amines is 1. The number of fused-ring (bicyclic) bond motifs is 2. The van der Waals surface area contributed by atoms with Crippen LogP contribution in [0.5, 0.6) is 5.75 Å². The number of carbonyl (C=O) groups excluding carboxylic acids is 2. The fourth-order valence-corrected chi connectivity index (χ4v) is 4.03. The van der Waals surface area contributed by atoms with Gasteiger partial charge in [0.15, 0.2) is 5.78 Å². The maximum absolute atomic E-state index is 12.9. The van der Waals surface area contributed by atoms with Crippen LogP contribution in [0.4, 0.5) is 0 Å². The lowest BCUT2D eigenvalue weighted by Gasteiger charge is -2.15. The summed E-state index contributed by atoms with van der Waals surface area (Å²) in [4.78, 5) is 30.5. The van der Waals surface area contributed by atoms with Crippen molar-refractivity contribution in [1.29, 1.82) is 0 Å². The number of amides is 1. The van der Waals surface area contributed by atoms with Gasteiger partial charge >= 0.3 is 0 Å². The van der Waals surface area contributed by atoms with Gasteiger partial charge < -0.3 is 25.6 Å². The fraction of sp³-hybridized carbons (Fsp3) is 0.304. The van der Waals surface area contributed by atoms with Crippen molar-refractivity contribution in [3.05, 3.63) is 58.5 Å². The van der Waals surface area contributed by atoms with Crippen LogP contribution in [-0.2, 0) is 16.0 Å². The Morgan fingerprint density at radius 1 is 1.13 bits per heavy atom. The van der Waals surface area contributed by atoms with Crippen LogP contribution in [-0.4, -0.2) is 60.9 Å². The largest absolute Gasteiger partial charge is 0.507 e. The third kappa shape index (κ3) is 3.46. The van der Waals surface area contributed by atoms with Gasteiger partial charge in [-0.25, -0.2) is 0 Å². The summed E-state index contributed by atoms with van der Waals surface area (Å²) in [6, 6.07) is 3.70. The minimum atomic E-state index is -0.222. The molecule has 0 fully saturated rings. The van der Waals surface area contributed by atoms with Crippen molar-refractivity contribution >= 4 is 28.2 Å². The van der Waals surface area contributed by atoms with Crippen LogP contribution in [0, 0.1) is 0 Å². The number of hydrogen-bond acceptors (Lipinski definition) is 5. The van der Waals surface area contributed by atoms with E-state index in [9.17, 15) is 14.7 Å². The molecule has 0 unspecified atom stereocenters. The van der Waals surface area contributed by atoms with E-state index in [1.807, 2.05) is 38.3 Å². The molecule has 2 aromatic rings. The van der Waals surface area contributed by atoms with E-state index in [4.69, 9.17) is 0 Å². The highest BCUT2D eigenvalue weighted by Crippen LogP contribution is 2.39. The average molecular weight is 406 g/mol. The van der Waals surface area contributed by atoms with Crippen molar-refractivity contribution in [3.63, 3.8) is 0 Å². The normalized spacial score (nSPS) is 16.3. The number of aromatic hydroxyl groups is 1. The zero-order valence-corrected chi connectivity index (χ0v) is 17.4. The van der Waals surface area contributed by atoms with Gasteiger partial charge in [0.25, 0.3) is 5.91 Å². The Morgan fingerprint density at radius 2 is 1.93 bits per heavy atom. The molecule has 0 saturated heterocycles. The van der Waals surface area contributed by atoms with Crippen molar-refractivity contribution in [2.45, 2.75) is 12.8 Å². The number of aromatic nitrogens is 1. The van der Waals surface area contributed by atoms with E-state index >= 15 is 0 Å². The number of benzene rings is 1. The number of ketones is 1. The number of carbonyl (C=O) groups is 2. The number of rotatable bonds is 7. The third-order valence-electron chi connectivity index (χ3n) is 5.59. The molecule has 2 heterocycles. The Bertz CT molecular complexity index is 1130. The zero-order chi connectivity index (χ0) is 21.4. The van der Waals surface area contributed by atoms with Crippen molar-refractivity contribution in [1.82, 2.24) is 20.5 Å². The van der Waals surface area contributed by atoms with Crippen molar-refractivity contribution in [3.8, 4) is 5.75 Å². The van der Waals surface area contributed by atoms with E-state index in [1.165, 1.54) is 6.08 Å². The van der Waals surface area contributed by atoms with Gasteiger partial charge in [0.1, 0.15) is 5.75 Å². The van der Waals surface area contributed by atoms with E-state index in [-0.39, 0.29) is 17.4 Å². The summed E-state index contributed by atoms with van der Waals surface area (Å²) < 4.78 is 0. The molecule has 1 aliphatic heterocycles. The minimum absolute atomic E-state index is 0.139. The minimum Gasteiger partial charge on any atom is -0.507 e. The number of likely N-dealkylation sites (N-methyl/N-ethyl adjacent to an activating group) is 1. The lowest BCUT2D eigenvalue weighted by atomic mass is 9.90. The van der Waals surface area contributed by atoms with Crippen molar-refractivity contribution < 1.29 is 14.7 Å². The second-order valence-electron chi connectivity index (χ2n) is 7.93. The Morgan fingerprint density at radius 3 is 2.67 bits per heavy atom. The number of allylic oxidation sites excluding steroid dienone is 4. The van der Waals surface area contributed by atoms with Crippen LogP contribution in [0.3, 0.4) is 0 Å². The van der Waals surface area contributed by atoms with Crippen LogP contribution < -0.4 is 10.6 Å². The van der Waals surface area contributed by atoms with Gasteiger partial charge in [-0.1, -0.05) is 0 Å². The smallest absolute Gasteiger partial charge is 0.252 e. The average Bonchev–Trinajstić information content (AvgIpc) is 3.25. The fourth-order valence-electron chi connectivity index (χ4n) is 4.03. The summed E-state index contributed by atoms with van der Waals surface area (Å²) in [5, 5.41) is 17.7. The Labute approximate surface area is 175 Å². The Kier molecular flexibility index (Phi) is 5.32. The van der Waals surface area contributed by atoms with Gasteiger partial charge in [-0.15, -0.1) is 0 Å². The molecule has 4 rings (SSSR count). The van der Waals surface area contributed by atoms with Crippen LogP contribution >= 0.6 is 0 Å². The third-order valence-corrected chi connectivity index (χ3v) is 5.59.